The molecule has 2 aromatic rings. The maximum absolute atomic E-state index is 6.02. The molecule has 4 heteroatoms. The molecule has 94 valence electrons. The Morgan fingerprint density at radius 1 is 1.28 bits per heavy atom. The molecule has 18 heavy (non-hydrogen) atoms. The van der Waals surface area contributed by atoms with E-state index in [0.717, 1.165) is 29.4 Å². The summed E-state index contributed by atoms with van der Waals surface area (Å²) >= 11 is 7.79. The number of nitrogens with zero attached hydrogens (tertiary/aromatic N) is 1. The number of piperidine rings is 1. The first-order chi connectivity index (χ1) is 8.83. The van der Waals surface area contributed by atoms with Crippen molar-refractivity contribution in [2.24, 2.45) is 0 Å². The van der Waals surface area contributed by atoms with E-state index >= 15 is 0 Å². The third-order valence-electron chi connectivity index (χ3n) is 3.33. The Hall–Kier alpha value is -0.900. The number of hydrogen-bond acceptors (Lipinski definition) is 3. The molecule has 0 aliphatic carbocycles. The van der Waals surface area contributed by atoms with Crippen molar-refractivity contribution in [3.63, 3.8) is 0 Å². The van der Waals surface area contributed by atoms with Gasteiger partial charge in [-0.3, -0.25) is 0 Å². The molecule has 1 aliphatic rings. The molecular formula is C14H15ClN2S. The van der Waals surface area contributed by atoms with Crippen LogP contribution in [0, 0.1) is 0 Å². The van der Waals surface area contributed by atoms with Crippen molar-refractivity contribution in [2.75, 3.05) is 13.1 Å². The standard InChI is InChI=1S/C14H15ClN2S/c15-12-3-1-2-11(8-12)13-9-18-14(17-13)10-4-6-16-7-5-10/h1-3,8-10,16H,4-7H2. The van der Waals surface area contributed by atoms with Gasteiger partial charge in [0.15, 0.2) is 0 Å². The van der Waals surface area contributed by atoms with Gasteiger partial charge in [0.2, 0.25) is 0 Å². The van der Waals surface area contributed by atoms with Crippen molar-refractivity contribution in [3.8, 4) is 11.3 Å². The van der Waals surface area contributed by atoms with E-state index in [1.165, 1.54) is 17.8 Å². The number of aromatic nitrogens is 1. The van der Waals surface area contributed by atoms with Crippen LogP contribution in [0.1, 0.15) is 23.8 Å². The van der Waals surface area contributed by atoms with Crippen molar-refractivity contribution in [3.05, 3.63) is 39.7 Å². The summed E-state index contributed by atoms with van der Waals surface area (Å²) in [6.07, 6.45) is 2.39. The Bertz CT molecular complexity index is 532. The summed E-state index contributed by atoms with van der Waals surface area (Å²) in [6.45, 7) is 2.22. The zero-order valence-corrected chi connectivity index (χ0v) is 11.6. The molecule has 1 aromatic carbocycles. The Morgan fingerprint density at radius 2 is 2.11 bits per heavy atom. The molecule has 0 unspecified atom stereocenters. The van der Waals surface area contributed by atoms with Crippen LogP contribution in [0.15, 0.2) is 29.6 Å². The number of benzene rings is 1. The highest BCUT2D eigenvalue weighted by Crippen LogP contribution is 2.31. The molecule has 2 heterocycles. The number of hydrogen-bond donors (Lipinski definition) is 1. The second-order valence-corrected chi connectivity index (χ2v) is 5.93. The molecule has 0 atom stereocenters. The molecule has 1 saturated heterocycles. The third-order valence-corrected chi connectivity index (χ3v) is 4.57. The van der Waals surface area contributed by atoms with E-state index in [9.17, 15) is 0 Å². The molecular weight excluding hydrogens is 264 g/mol. The monoisotopic (exact) mass is 278 g/mol. The minimum Gasteiger partial charge on any atom is -0.317 e. The summed E-state index contributed by atoms with van der Waals surface area (Å²) in [5, 5.41) is 7.57. The molecule has 1 N–H and O–H groups in total. The van der Waals surface area contributed by atoms with Gasteiger partial charge in [-0.15, -0.1) is 11.3 Å². The fourth-order valence-corrected chi connectivity index (χ4v) is 3.52. The number of thiazole rings is 1. The first kappa shape index (κ1) is 12.2. The van der Waals surface area contributed by atoms with Gasteiger partial charge in [0.25, 0.3) is 0 Å². The van der Waals surface area contributed by atoms with E-state index in [4.69, 9.17) is 16.6 Å². The lowest BCUT2D eigenvalue weighted by atomic mass is 9.99. The highest BCUT2D eigenvalue weighted by Gasteiger charge is 2.18. The van der Waals surface area contributed by atoms with E-state index in [2.05, 4.69) is 16.8 Å². The van der Waals surface area contributed by atoms with Gasteiger partial charge in [-0.25, -0.2) is 4.98 Å². The highest BCUT2D eigenvalue weighted by molar-refractivity contribution is 7.10. The Labute approximate surface area is 116 Å². The van der Waals surface area contributed by atoms with Crippen LogP contribution in [0.4, 0.5) is 0 Å². The summed E-state index contributed by atoms with van der Waals surface area (Å²) in [4.78, 5) is 4.78. The lowest BCUT2D eigenvalue weighted by molar-refractivity contribution is 0.459. The topological polar surface area (TPSA) is 24.9 Å². The molecule has 3 rings (SSSR count). The minimum atomic E-state index is 0.629. The molecule has 0 spiro atoms. The van der Waals surface area contributed by atoms with Crippen molar-refractivity contribution in [1.29, 1.82) is 0 Å². The number of halogens is 1. The summed E-state index contributed by atoms with van der Waals surface area (Å²) < 4.78 is 0. The zero-order valence-electron chi connectivity index (χ0n) is 10.0. The van der Waals surface area contributed by atoms with Crippen molar-refractivity contribution in [2.45, 2.75) is 18.8 Å². The van der Waals surface area contributed by atoms with Gasteiger partial charge in [-0.05, 0) is 38.1 Å². The summed E-state index contributed by atoms with van der Waals surface area (Å²) in [5.41, 5.74) is 2.16. The quantitative estimate of drug-likeness (QED) is 0.900. The van der Waals surface area contributed by atoms with E-state index in [1.807, 2.05) is 18.2 Å². The SMILES string of the molecule is Clc1cccc(-c2csc(C3CCNCC3)n2)c1. The minimum absolute atomic E-state index is 0.629. The molecule has 0 radical (unpaired) electrons. The normalized spacial score (nSPS) is 16.9. The number of rotatable bonds is 2. The molecule has 0 amide bonds. The summed E-state index contributed by atoms with van der Waals surface area (Å²) in [6, 6.07) is 7.91. The average Bonchev–Trinajstić information content (AvgIpc) is 2.89. The predicted molar refractivity (Wildman–Crippen MR) is 77.4 cm³/mol. The molecule has 0 bridgehead atoms. The van der Waals surface area contributed by atoms with Crippen LogP contribution in [0.3, 0.4) is 0 Å². The van der Waals surface area contributed by atoms with Gasteiger partial charge in [0, 0.05) is 21.9 Å². The molecule has 1 aliphatic heterocycles. The summed E-state index contributed by atoms with van der Waals surface area (Å²) in [5.74, 6) is 0.629. The van der Waals surface area contributed by atoms with Gasteiger partial charge >= 0.3 is 0 Å². The molecule has 1 fully saturated rings. The van der Waals surface area contributed by atoms with Crippen LogP contribution in [-0.4, -0.2) is 18.1 Å². The van der Waals surface area contributed by atoms with Crippen molar-refractivity contribution < 1.29 is 0 Å². The second-order valence-electron chi connectivity index (χ2n) is 4.61. The highest BCUT2D eigenvalue weighted by atomic mass is 35.5. The van der Waals surface area contributed by atoms with Crippen LogP contribution in [0.5, 0.6) is 0 Å². The van der Waals surface area contributed by atoms with Crippen LogP contribution in [-0.2, 0) is 0 Å². The molecule has 2 nitrogen and oxygen atoms in total. The Balaban J connectivity index is 1.84. The van der Waals surface area contributed by atoms with Crippen LogP contribution in [0.25, 0.3) is 11.3 Å². The van der Waals surface area contributed by atoms with Gasteiger partial charge < -0.3 is 5.32 Å². The maximum atomic E-state index is 6.02. The first-order valence-corrected chi connectivity index (χ1v) is 7.51. The van der Waals surface area contributed by atoms with Gasteiger partial charge in [0.05, 0.1) is 10.7 Å². The summed E-state index contributed by atoms with van der Waals surface area (Å²) in [7, 11) is 0. The van der Waals surface area contributed by atoms with Crippen LogP contribution >= 0.6 is 22.9 Å². The fraction of sp³-hybridized carbons (Fsp3) is 0.357. The van der Waals surface area contributed by atoms with Crippen molar-refractivity contribution in [1.82, 2.24) is 10.3 Å². The molecule has 0 saturated carbocycles. The lowest BCUT2D eigenvalue weighted by Crippen LogP contribution is -2.26. The zero-order chi connectivity index (χ0) is 12.4. The van der Waals surface area contributed by atoms with E-state index in [1.54, 1.807) is 11.3 Å². The third kappa shape index (κ3) is 2.58. The second kappa shape index (κ2) is 5.39. The average molecular weight is 279 g/mol. The van der Waals surface area contributed by atoms with Crippen molar-refractivity contribution >= 4 is 22.9 Å². The number of nitrogens with one attached hydrogen (secondary N) is 1. The Kier molecular flexibility index (Phi) is 3.64. The predicted octanol–water partition coefficient (Wildman–Crippen LogP) is 3.93. The van der Waals surface area contributed by atoms with Gasteiger partial charge in [0.1, 0.15) is 0 Å². The lowest BCUT2D eigenvalue weighted by Gasteiger charge is -2.20. The van der Waals surface area contributed by atoms with Gasteiger partial charge in [-0.2, -0.15) is 0 Å². The van der Waals surface area contributed by atoms with E-state index in [0.29, 0.717) is 5.92 Å². The largest absolute Gasteiger partial charge is 0.317 e. The molecule has 1 aromatic heterocycles. The van der Waals surface area contributed by atoms with Crippen LogP contribution < -0.4 is 5.32 Å². The van der Waals surface area contributed by atoms with Gasteiger partial charge in [-0.1, -0.05) is 23.7 Å². The van der Waals surface area contributed by atoms with E-state index in [-0.39, 0.29) is 0 Å². The maximum Gasteiger partial charge on any atom is 0.0964 e. The van der Waals surface area contributed by atoms with Crippen LogP contribution in [0.2, 0.25) is 5.02 Å². The first-order valence-electron chi connectivity index (χ1n) is 6.25. The smallest absolute Gasteiger partial charge is 0.0964 e. The Morgan fingerprint density at radius 3 is 2.89 bits per heavy atom. The van der Waals surface area contributed by atoms with E-state index < -0.39 is 0 Å². The fourth-order valence-electron chi connectivity index (χ4n) is 2.32.